The van der Waals surface area contributed by atoms with E-state index in [0.717, 1.165) is 19.6 Å². The van der Waals surface area contributed by atoms with E-state index in [1.807, 2.05) is 0 Å². The number of hydroxylamine groups is 1. The van der Waals surface area contributed by atoms with Gasteiger partial charge in [0.2, 0.25) is 0 Å². The first-order valence-electron chi connectivity index (χ1n) is 3.70. The predicted octanol–water partition coefficient (Wildman–Crippen LogP) is 0.479. The first-order chi connectivity index (χ1) is 4.77. The van der Waals surface area contributed by atoms with Crippen molar-refractivity contribution in [1.82, 2.24) is 10.4 Å². The van der Waals surface area contributed by atoms with Crippen molar-refractivity contribution in [3.8, 4) is 0 Å². The summed E-state index contributed by atoms with van der Waals surface area (Å²) in [5.74, 6) is 0. The number of unbranched alkanes of at least 4 members (excludes halogenated alkanes) is 1. The fourth-order valence-corrected chi connectivity index (χ4v) is 0.704. The second-order valence-corrected chi connectivity index (χ2v) is 2.56. The van der Waals surface area contributed by atoms with Crippen molar-refractivity contribution in [1.29, 1.82) is 0 Å². The van der Waals surface area contributed by atoms with Gasteiger partial charge in [-0.25, -0.2) is 5.48 Å². The Morgan fingerprint density at radius 1 is 1.30 bits per heavy atom. The van der Waals surface area contributed by atoms with Crippen LogP contribution in [-0.4, -0.2) is 39.2 Å². The van der Waals surface area contributed by atoms with Crippen LogP contribution >= 0.6 is 0 Å². The van der Waals surface area contributed by atoms with Crippen LogP contribution < -0.4 is 5.48 Å². The maximum atomic E-state index is 4.95. The molecule has 0 fully saturated rings. The van der Waals surface area contributed by atoms with E-state index in [1.54, 1.807) is 7.05 Å². The van der Waals surface area contributed by atoms with Gasteiger partial charge >= 0.3 is 0 Å². The van der Waals surface area contributed by atoms with Crippen LogP contribution in [0.2, 0.25) is 0 Å². The second-order valence-electron chi connectivity index (χ2n) is 2.56. The summed E-state index contributed by atoms with van der Waals surface area (Å²) in [6.07, 6.45) is 2.33. The minimum absolute atomic E-state index is 0.810. The summed E-state index contributed by atoms with van der Waals surface area (Å²) >= 11 is 0. The number of rotatable bonds is 6. The molecule has 0 heterocycles. The number of nitrogens with zero attached hydrogens (tertiary/aromatic N) is 1. The fourth-order valence-electron chi connectivity index (χ4n) is 0.704. The minimum Gasteiger partial charge on any atom is -0.309 e. The van der Waals surface area contributed by atoms with Gasteiger partial charge in [-0.1, -0.05) is 0 Å². The summed E-state index contributed by atoms with van der Waals surface area (Å²) in [5.41, 5.74) is 2.64. The van der Waals surface area contributed by atoms with E-state index in [2.05, 4.69) is 24.5 Å². The third-order valence-electron chi connectivity index (χ3n) is 1.25. The topological polar surface area (TPSA) is 24.5 Å². The molecule has 0 amide bonds. The zero-order valence-electron chi connectivity index (χ0n) is 7.18. The summed E-state index contributed by atoms with van der Waals surface area (Å²) in [4.78, 5) is 7.13. The van der Waals surface area contributed by atoms with E-state index in [4.69, 9.17) is 4.84 Å². The summed E-state index contributed by atoms with van der Waals surface area (Å²) in [6.45, 7) is 1.96. The molecule has 0 saturated carbocycles. The molecule has 3 heteroatoms. The molecule has 0 bridgehead atoms. The molecule has 0 atom stereocenters. The van der Waals surface area contributed by atoms with E-state index in [1.165, 1.54) is 6.42 Å². The van der Waals surface area contributed by atoms with Gasteiger partial charge in [-0.3, -0.25) is 0 Å². The Bertz CT molecular complexity index is 66.6. The highest BCUT2D eigenvalue weighted by atomic mass is 16.6. The van der Waals surface area contributed by atoms with Gasteiger partial charge in [0, 0.05) is 7.05 Å². The first-order valence-corrected chi connectivity index (χ1v) is 3.70. The zero-order valence-corrected chi connectivity index (χ0v) is 7.18. The van der Waals surface area contributed by atoms with E-state index < -0.39 is 0 Å². The van der Waals surface area contributed by atoms with Gasteiger partial charge in [-0.05, 0) is 33.5 Å². The molecular formula is C7H18N2O. The van der Waals surface area contributed by atoms with Gasteiger partial charge < -0.3 is 9.74 Å². The SMILES string of the molecule is CNOCCCCN(C)C. The Morgan fingerprint density at radius 3 is 2.50 bits per heavy atom. The molecule has 0 saturated heterocycles. The molecule has 0 aliphatic heterocycles. The van der Waals surface area contributed by atoms with Gasteiger partial charge in [0.05, 0.1) is 6.61 Å². The Hall–Kier alpha value is -0.120. The molecule has 1 N–H and O–H groups in total. The van der Waals surface area contributed by atoms with Crippen molar-refractivity contribution in [3.05, 3.63) is 0 Å². The minimum atomic E-state index is 0.810. The highest BCUT2D eigenvalue weighted by Crippen LogP contribution is 1.89. The molecule has 3 nitrogen and oxygen atoms in total. The van der Waals surface area contributed by atoms with E-state index in [-0.39, 0.29) is 0 Å². The predicted molar refractivity (Wildman–Crippen MR) is 42.8 cm³/mol. The summed E-state index contributed by atoms with van der Waals surface area (Å²) in [7, 11) is 5.95. The third kappa shape index (κ3) is 7.88. The van der Waals surface area contributed by atoms with Gasteiger partial charge in [0.25, 0.3) is 0 Å². The lowest BCUT2D eigenvalue weighted by Gasteiger charge is -2.08. The molecule has 0 aromatic carbocycles. The van der Waals surface area contributed by atoms with Crippen LogP contribution in [0.3, 0.4) is 0 Å². The smallest absolute Gasteiger partial charge is 0.0682 e. The van der Waals surface area contributed by atoms with Crippen LogP contribution in [0.4, 0.5) is 0 Å². The number of hydrogen-bond acceptors (Lipinski definition) is 3. The van der Waals surface area contributed by atoms with Gasteiger partial charge in [0.15, 0.2) is 0 Å². The molecule has 0 aliphatic rings. The van der Waals surface area contributed by atoms with Crippen molar-refractivity contribution < 1.29 is 4.84 Å². The normalized spacial score (nSPS) is 10.8. The molecule has 62 valence electrons. The van der Waals surface area contributed by atoms with Crippen molar-refractivity contribution in [2.45, 2.75) is 12.8 Å². The first kappa shape index (κ1) is 9.88. The highest BCUT2D eigenvalue weighted by Gasteiger charge is 1.89. The molecule has 0 aromatic heterocycles. The maximum absolute atomic E-state index is 4.95. The van der Waals surface area contributed by atoms with Gasteiger partial charge in [-0.15, -0.1) is 0 Å². The van der Waals surface area contributed by atoms with E-state index in [9.17, 15) is 0 Å². The molecular weight excluding hydrogens is 128 g/mol. The van der Waals surface area contributed by atoms with Crippen LogP contribution in [0.15, 0.2) is 0 Å². The van der Waals surface area contributed by atoms with Crippen LogP contribution in [-0.2, 0) is 4.84 Å². The van der Waals surface area contributed by atoms with Crippen molar-refractivity contribution in [3.63, 3.8) is 0 Å². The summed E-state index contributed by atoms with van der Waals surface area (Å²) in [6, 6.07) is 0. The lowest BCUT2D eigenvalue weighted by molar-refractivity contribution is 0.0545. The summed E-state index contributed by atoms with van der Waals surface area (Å²) in [5, 5.41) is 0. The second kappa shape index (κ2) is 6.99. The van der Waals surface area contributed by atoms with Gasteiger partial charge in [-0.2, -0.15) is 0 Å². The van der Waals surface area contributed by atoms with Crippen LogP contribution in [0, 0.1) is 0 Å². The highest BCUT2D eigenvalue weighted by molar-refractivity contribution is 4.43. The molecule has 0 radical (unpaired) electrons. The Kier molecular flexibility index (Phi) is 6.91. The lowest BCUT2D eigenvalue weighted by Crippen LogP contribution is -2.14. The Morgan fingerprint density at radius 2 is 2.00 bits per heavy atom. The molecule has 0 spiro atoms. The van der Waals surface area contributed by atoms with Gasteiger partial charge in [0.1, 0.15) is 0 Å². The molecule has 0 unspecified atom stereocenters. The average molecular weight is 146 g/mol. The average Bonchev–Trinajstić information content (AvgIpc) is 1.87. The van der Waals surface area contributed by atoms with Crippen LogP contribution in [0.5, 0.6) is 0 Å². The quantitative estimate of drug-likeness (QED) is 0.436. The molecule has 0 aliphatic carbocycles. The zero-order chi connectivity index (χ0) is 7.82. The Labute approximate surface area is 63.3 Å². The monoisotopic (exact) mass is 146 g/mol. The third-order valence-corrected chi connectivity index (χ3v) is 1.25. The van der Waals surface area contributed by atoms with Crippen LogP contribution in [0.1, 0.15) is 12.8 Å². The number of nitrogens with one attached hydrogen (secondary N) is 1. The molecule has 0 rings (SSSR count). The molecule has 0 aromatic rings. The maximum Gasteiger partial charge on any atom is 0.0682 e. The van der Waals surface area contributed by atoms with Crippen molar-refractivity contribution >= 4 is 0 Å². The Balaban J connectivity index is 2.77. The van der Waals surface area contributed by atoms with Crippen molar-refractivity contribution in [2.75, 3.05) is 34.3 Å². The lowest BCUT2D eigenvalue weighted by atomic mass is 10.3. The molecule has 10 heavy (non-hydrogen) atoms. The van der Waals surface area contributed by atoms with Crippen LogP contribution in [0.25, 0.3) is 0 Å². The van der Waals surface area contributed by atoms with E-state index >= 15 is 0 Å². The number of hydrogen-bond donors (Lipinski definition) is 1. The van der Waals surface area contributed by atoms with E-state index in [0.29, 0.717) is 0 Å². The fraction of sp³-hybridized carbons (Fsp3) is 1.00. The largest absolute Gasteiger partial charge is 0.309 e. The van der Waals surface area contributed by atoms with Crippen molar-refractivity contribution in [2.24, 2.45) is 0 Å². The standard InChI is InChI=1S/C7H18N2O/c1-8-10-7-5-4-6-9(2)3/h8H,4-7H2,1-3H3. The summed E-state index contributed by atoms with van der Waals surface area (Å²) < 4.78 is 0.